The Balaban J connectivity index is 2.08. The van der Waals surface area contributed by atoms with Crippen molar-refractivity contribution >= 4 is 17.7 Å². The Kier molecular flexibility index (Phi) is 6.57. The van der Waals surface area contributed by atoms with E-state index in [4.69, 9.17) is 5.84 Å². The van der Waals surface area contributed by atoms with Gasteiger partial charge < -0.3 is 15.9 Å². The van der Waals surface area contributed by atoms with Crippen molar-refractivity contribution in [1.82, 2.24) is 20.2 Å². The molecular weight excluding hydrogens is 352 g/mol. The van der Waals surface area contributed by atoms with Crippen LogP contribution in [0.5, 0.6) is 5.75 Å². The topological polar surface area (TPSA) is 95.1 Å². The first-order valence-electron chi connectivity index (χ1n) is 7.62. The first-order valence-corrected chi connectivity index (χ1v) is 8.50. The number of rotatable bonds is 8. The normalized spacial score (nSPS) is 12.2. The fourth-order valence-corrected chi connectivity index (χ4v) is 2.74. The predicted molar refractivity (Wildman–Crippen MR) is 90.9 cm³/mol. The molecule has 10 heteroatoms. The maximum absolute atomic E-state index is 12.2. The number of nitrogen functional groups attached to an aromatic ring is 1. The van der Waals surface area contributed by atoms with Crippen molar-refractivity contribution in [2.45, 2.75) is 37.3 Å². The van der Waals surface area contributed by atoms with Crippen LogP contribution in [0.4, 0.5) is 8.78 Å². The Morgan fingerprint density at radius 2 is 2.04 bits per heavy atom. The van der Waals surface area contributed by atoms with Crippen LogP contribution in [0.2, 0.25) is 0 Å². The van der Waals surface area contributed by atoms with Crippen LogP contribution in [0.3, 0.4) is 0 Å². The van der Waals surface area contributed by atoms with Crippen LogP contribution in [0.15, 0.2) is 29.4 Å². The lowest BCUT2D eigenvalue weighted by atomic mass is 10.2. The van der Waals surface area contributed by atoms with E-state index in [9.17, 15) is 13.6 Å². The van der Waals surface area contributed by atoms with Crippen LogP contribution >= 0.6 is 11.8 Å². The first-order chi connectivity index (χ1) is 11.9. The lowest BCUT2D eigenvalue weighted by molar-refractivity contribution is -0.120. The Morgan fingerprint density at radius 1 is 1.36 bits per heavy atom. The number of amides is 1. The van der Waals surface area contributed by atoms with Crippen LogP contribution in [0.25, 0.3) is 11.4 Å². The number of thioether (sulfide) groups is 1. The molecule has 1 aromatic heterocycles. The van der Waals surface area contributed by atoms with Gasteiger partial charge in [-0.05, 0) is 37.6 Å². The van der Waals surface area contributed by atoms with E-state index in [-0.39, 0.29) is 16.9 Å². The summed E-state index contributed by atoms with van der Waals surface area (Å²) in [5.41, 5.74) is 0.589. The molecule has 1 aromatic carbocycles. The summed E-state index contributed by atoms with van der Waals surface area (Å²) in [6, 6.07) is 5.89. The molecule has 0 radical (unpaired) electrons. The smallest absolute Gasteiger partial charge is 0.387 e. The molecule has 2 aromatic rings. The van der Waals surface area contributed by atoms with Gasteiger partial charge in [-0.25, -0.2) is 4.68 Å². The Morgan fingerprint density at radius 3 is 2.64 bits per heavy atom. The summed E-state index contributed by atoms with van der Waals surface area (Å²) in [5.74, 6) is 6.28. The van der Waals surface area contributed by atoms with Gasteiger partial charge in [-0.1, -0.05) is 18.7 Å². The van der Waals surface area contributed by atoms with E-state index in [0.717, 1.165) is 6.42 Å². The summed E-state index contributed by atoms with van der Waals surface area (Å²) in [6.07, 6.45) is 0.853. The first kappa shape index (κ1) is 19.0. The summed E-state index contributed by atoms with van der Waals surface area (Å²) in [4.78, 5) is 11.9. The van der Waals surface area contributed by atoms with Crippen molar-refractivity contribution in [3.05, 3.63) is 24.3 Å². The van der Waals surface area contributed by atoms with E-state index in [0.29, 0.717) is 23.1 Å². The molecule has 7 nitrogen and oxygen atoms in total. The molecule has 0 fully saturated rings. The number of alkyl halides is 2. The average molecular weight is 371 g/mol. The van der Waals surface area contributed by atoms with Gasteiger partial charge >= 0.3 is 6.61 Å². The van der Waals surface area contributed by atoms with Gasteiger partial charge in [0.2, 0.25) is 11.1 Å². The number of aromatic nitrogens is 3. The second-order valence-electron chi connectivity index (χ2n) is 5.13. The molecule has 0 saturated carbocycles. The third-order valence-electron chi connectivity index (χ3n) is 3.20. The van der Waals surface area contributed by atoms with Crippen molar-refractivity contribution < 1.29 is 18.3 Å². The third kappa shape index (κ3) is 5.05. The summed E-state index contributed by atoms with van der Waals surface area (Å²) in [6.45, 7) is 1.45. The van der Waals surface area contributed by atoms with Gasteiger partial charge in [0, 0.05) is 12.1 Å². The molecule has 25 heavy (non-hydrogen) atoms. The summed E-state index contributed by atoms with van der Waals surface area (Å²) in [5, 5.41) is 10.8. The molecule has 0 aliphatic rings. The van der Waals surface area contributed by atoms with Gasteiger partial charge in [-0.3, -0.25) is 4.79 Å². The fourth-order valence-electron chi connectivity index (χ4n) is 1.94. The Labute approximate surface area is 147 Å². The van der Waals surface area contributed by atoms with Crippen molar-refractivity contribution in [3.63, 3.8) is 0 Å². The van der Waals surface area contributed by atoms with Gasteiger partial charge in [0.25, 0.3) is 0 Å². The largest absolute Gasteiger partial charge is 0.435 e. The van der Waals surface area contributed by atoms with Crippen LogP contribution in [0.1, 0.15) is 20.3 Å². The minimum atomic E-state index is -2.88. The highest BCUT2D eigenvalue weighted by Crippen LogP contribution is 2.26. The molecule has 136 valence electrons. The third-order valence-corrected chi connectivity index (χ3v) is 4.26. The fraction of sp³-hybridized carbons (Fsp3) is 0.400. The number of benzene rings is 1. The molecule has 1 heterocycles. The number of carbonyl (C=O) groups excluding carboxylic acids is 1. The Hall–Kier alpha value is -2.36. The number of halogens is 2. The maximum atomic E-state index is 12.2. The number of ether oxygens (including phenoxy) is 1. The lowest BCUT2D eigenvalue weighted by Crippen LogP contribution is -2.31. The number of nitrogens with zero attached hydrogens (tertiary/aromatic N) is 3. The van der Waals surface area contributed by atoms with Crippen LogP contribution < -0.4 is 15.9 Å². The van der Waals surface area contributed by atoms with E-state index in [1.807, 2.05) is 6.92 Å². The summed E-state index contributed by atoms with van der Waals surface area (Å²) < 4.78 is 29.9. The molecule has 1 unspecified atom stereocenters. The standard InChI is InChI=1S/C15H19F2N5O2S/c1-3-8-19-13(23)9(2)25-15-21-20-12(22(15)18)10-4-6-11(7-5-10)24-14(16)17/h4-7,9,14H,3,8,18H2,1-2H3,(H,19,23). The minimum Gasteiger partial charge on any atom is -0.435 e. The van der Waals surface area contributed by atoms with Gasteiger partial charge in [-0.2, -0.15) is 8.78 Å². The lowest BCUT2D eigenvalue weighted by Gasteiger charge is -2.11. The quantitative estimate of drug-likeness (QED) is 0.546. The number of hydrogen-bond donors (Lipinski definition) is 2. The maximum Gasteiger partial charge on any atom is 0.387 e. The zero-order valence-electron chi connectivity index (χ0n) is 13.8. The van der Waals surface area contributed by atoms with Crippen LogP contribution in [0, 0.1) is 0 Å². The highest BCUT2D eigenvalue weighted by molar-refractivity contribution is 8.00. The van der Waals surface area contributed by atoms with Crippen molar-refractivity contribution in [1.29, 1.82) is 0 Å². The second kappa shape index (κ2) is 8.65. The average Bonchev–Trinajstić information content (AvgIpc) is 2.93. The monoisotopic (exact) mass is 371 g/mol. The highest BCUT2D eigenvalue weighted by Gasteiger charge is 2.19. The van der Waals surface area contributed by atoms with Gasteiger partial charge in [0.15, 0.2) is 5.82 Å². The van der Waals surface area contributed by atoms with Crippen LogP contribution in [-0.2, 0) is 4.79 Å². The van der Waals surface area contributed by atoms with Gasteiger partial charge in [0.05, 0.1) is 5.25 Å². The van der Waals surface area contributed by atoms with E-state index in [2.05, 4.69) is 20.3 Å². The molecule has 0 aliphatic carbocycles. The van der Waals surface area contributed by atoms with Crippen molar-refractivity contribution in [3.8, 4) is 17.1 Å². The molecule has 0 saturated heterocycles. The zero-order chi connectivity index (χ0) is 18.4. The van der Waals surface area contributed by atoms with E-state index in [1.165, 1.54) is 28.6 Å². The SMILES string of the molecule is CCCNC(=O)C(C)Sc1nnc(-c2ccc(OC(F)F)cc2)n1N. The number of nitrogens with one attached hydrogen (secondary N) is 1. The minimum absolute atomic E-state index is 0.0395. The molecule has 3 N–H and O–H groups in total. The van der Waals surface area contributed by atoms with Gasteiger partial charge in [0.1, 0.15) is 5.75 Å². The highest BCUT2D eigenvalue weighted by atomic mass is 32.2. The van der Waals surface area contributed by atoms with E-state index >= 15 is 0 Å². The molecule has 1 amide bonds. The second-order valence-corrected chi connectivity index (χ2v) is 6.44. The van der Waals surface area contributed by atoms with Crippen molar-refractivity contribution in [2.24, 2.45) is 0 Å². The number of nitrogens with two attached hydrogens (primary N) is 1. The molecule has 2 rings (SSSR count). The zero-order valence-corrected chi connectivity index (χ0v) is 14.6. The van der Waals surface area contributed by atoms with E-state index < -0.39 is 6.61 Å². The molecule has 0 aliphatic heterocycles. The van der Waals surface area contributed by atoms with Crippen LogP contribution in [-0.4, -0.2) is 39.2 Å². The van der Waals surface area contributed by atoms with Gasteiger partial charge in [-0.15, -0.1) is 10.2 Å². The van der Waals surface area contributed by atoms with Crippen molar-refractivity contribution in [2.75, 3.05) is 12.4 Å². The Bertz CT molecular complexity index is 708. The molecular formula is C15H19F2N5O2S. The predicted octanol–water partition coefficient (Wildman–Crippen LogP) is 2.27. The molecule has 0 spiro atoms. The number of carbonyl (C=O) groups is 1. The van der Waals surface area contributed by atoms with E-state index in [1.54, 1.807) is 19.1 Å². The molecule has 0 bridgehead atoms. The summed E-state index contributed by atoms with van der Waals surface area (Å²) >= 11 is 1.18. The number of hydrogen-bond acceptors (Lipinski definition) is 6. The molecule has 1 atom stereocenters. The summed E-state index contributed by atoms with van der Waals surface area (Å²) in [7, 11) is 0.